The molecule has 0 amide bonds. The molecule has 298 valence electrons. The summed E-state index contributed by atoms with van der Waals surface area (Å²) in [6, 6.07) is 76.9. The average molecular weight is 809 g/mol. The van der Waals surface area contributed by atoms with Gasteiger partial charge in [0.25, 0.3) is 0 Å². The number of para-hydroxylation sites is 6. The number of aliphatic imine (C=N–C) groups is 2. The summed E-state index contributed by atoms with van der Waals surface area (Å²) in [6.07, 6.45) is 0. The molecule has 0 spiro atoms. The summed E-state index contributed by atoms with van der Waals surface area (Å²) in [5, 5.41) is 7.39. The smallest absolute Gasteiger partial charge is 0.157 e. The molecule has 0 radical (unpaired) electrons. The summed E-state index contributed by atoms with van der Waals surface area (Å²) in [6.45, 7) is 0.431. The molecule has 6 heteroatoms. The van der Waals surface area contributed by atoms with Crippen LogP contribution in [-0.2, 0) is 6.54 Å². The van der Waals surface area contributed by atoms with Crippen molar-refractivity contribution in [1.82, 2.24) is 13.7 Å². The highest BCUT2D eigenvalue weighted by atomic mass is 15.0. The summed E-state index contributed by atoms with van der Waals surface area (Å²) in [5.41, 5.74) is 19.9. The maximum absolute atomic E-state index is 6.90. The SMILES string of the molecule is NC(=NC(=NCc1ccc(-n2c3ccccc3c3ccccc32)cc1)c1ccc(-n2c3ccccc3c3ccccc32)cc1)c1ccc(-n2c3ccccc3c3ccccc32)cc1. The second-order valence-electron chi connectivity index (χ2n) is 16.0. The van der Waals surface area contributed by atoms with Crippen LogP contribution in [0.5, 0.6) is 0 Å². The number of hydrogen-bond donors (Lipinski definition) is 1. The fraction of sp³-hybridized carbons (Fsp3) is 0.0175. The van der Waals surface area contributed by atoms with E-state index in [2.05, 4.69) is 220 Å². The zero-order valence-corrected chi connectivity index (χ0v) is 34.3. The Balaban J connectivity index is 0.914. The maximum atomic E-state index is 6.90. The van der Waals surface area contributed by atoms with E-state index >= 15 is 0 Å². The number of hydrogen-bond acceptors (Lipinski definition) is 1. The molecule has 6 nitrogen and oxygen atoms in total. The maximum Gasteiger partial charge on any atom is 0.157 e. The molecule has 12 aromatic rings. The first-order chi connectivity index (χ1) is 31.2. The molecule has 12 rings (SSSR count). The summed E-state index contributed by atoms with van der Waals surface area (Å²) < 4.78 is 6.96. The Bertz CT molecular complexity index is 3590. The lowest BCUT2D eigenvalue weighted by molar-refractivity contribution is 1.05. The third kappa shape index (κ3) is 6.11. The van der Waals surface area contributed by atoms with Gasteiger partial charge in [-0.1, -0.05) is 121 Å². The first-order valence-corrected chi connectivity index (χ1v) is 21.3. The molecule has 0 bridgehead atoms. The van der Waals surface area contributed by atoms with Gasteiger partial charge in [-0.25, -0.2) is 4.99 Å². The quantitative estimate of drug-likeness (QED) is 0.126. The Morgan fingerprint density at radius 3 is 0.952 bits per heavy atom. The zero-order valence-electron chi connectivity index (χ0n) is 34.3. The van der Waals surface area contributed by atoms with E-state index in [0.29, 0.717) is 18.2 Å². The molecule has 0 saturated heterocycles. The molecular weight excluding hydrogens is 769 g/mol. The molecule has 0 unspecified atom stereocenters. The lowest BCUT2D eigenvalue weighted by atomic mass is 10.1. The molecule has 0 fully saturated rings. The Kier molecular flexibility index (Phi) is 8.61. The van der Waals surface area contributed by atoms with Gasteiger partial charge in [-0.15, -0.1) is 0 Å². The van der Waals surface area contributed by atoms with E-state index in [1.165, 1.54) is 43.4 Å². The molecule has 0 atom stereocenters. The Hall–Kier alpha value is -8.48. The van der Waals surface area contributed by atoms with Gasteiger partial charge in [0.2, 0.25) is 0 Å². The van der Waals surface area contributed by atoms with E-state index in [1.54, 1.807) is 0 Å². The first-order valence-electron chi connectivity index (χ1n) is 21.3. The number of aromatic nitrogens is 3. The van der Waals surface area contributed by atoms with Crippen LogP contribution in [0.1, 0.15) is 16.7 Å². The van der Waals surface area contributed by atoms with Crippen LogP contribution in [0.2, 0.25) is 0 Å². The molecule has 3 heterocycles. The largest absolute Gasteiger partial charge is 0.383 e. The van der Waals surface area contributed by atoms with Gasteiger partial charge < -0.3 is 19.4 Å². The van der Waals surface area contributed by atoms with Crippen LogP contribution in [0.3, 0.4) is 0 Å². The normalized spacial score (nSPS) is 12.4. The zero-order chi connectivity index (χ0) is 41.9. The van der Waals surface area contributed by atoms with Gasteiger partial charge in [0.1, 0.15) is 5.84 Å². The van der Waals surface area contributed by atoms with E-state index in [9.17, 15) is 0 Å². The van der Waals surface area contributed by atoms with Crippen molar-refractivity contribution in [3.8, 4) is 17.1 Å². The van der Waals surface area contributed by atoms with Crippen molar-refractivity contribution in [1.29, 1.82) is 0 Å². The minimum Gasteiger partial charge on any atom is -0.383 e. The van der Waals surface area contributed by atoms with Gasteiger partial charge in [0, 0.05) is 60.5 Å². The van der Waals surface area contributed by atoms with Crippen LogP contribution < -0.4 is 5.73 Å². The van der Waals surface area contributed by atoms with Gasteiger partial charge in [-0.3, -0.25) is 4.99 Å². The van der Waals surface area contributed by atoms with E-state index in [0.717, 1.165) is 55.8 Å². The monoisotopic (exact) mass is 808 g/mol. The second kappa shape index (κ2) is 14.9. The number of nitrogens with zero attached hydrogens (tertiary/aromatic N) is 5. The molecule has 0 aliphatic heterocycles. The molecule has 9 aromatic carbocycles. The summed E-state index contributed by atoms with van der Waals surface area (Å²) >= 11 is 0. The van der Waals surface area contributed by atoms with Crippen molar-refractivity contribution >= 4 is 77.1 Å². The molecule has 0 aliphatic carbocycles. The van der Waals surface area contributed by atoms with Crippen LogP contribution in [0.4, 0.5) is 0 Å². The van der Waals surface area contributed by atoms with Crippen molar-refractivity contribution in [3.63, 3.8) is 0 Å². The first kappa shape index (κ1) is 36.4. The van der Waals surface area contributed by atoms with Gasteiger partial charge in [0.05, 0.1) is 39.6 Å². The lowest BCUT2D eigenvalue weighted by Gasteiger charge is -2.11. The van der Waals surface area contributed by atoms with Crippen molar-refractivity contribution in [2.75, 3.05) is 0 Å². The van der Waals surface area contributed by atoms with Crippen LogP contribution >= 0.6 is 0 Å². The summed E-state index contributed by atoms with van der Waals surface area (Å²) in [7, 11) is 0. The third-order valence-electron chi connectivity index (χ3n) is 12.4. The third-order valence-corrected chi connectivity index (χ3v) is 12.4. The van der Waals surface area contributed by atoms with Gasteiger partial charge in [-0.2, -0.15) is 0 Å². The highest BCUT2D eigenvalue weighted by Crippen LogP contribution is 2.35. The van der Waals surface area contributed by atoms with E-state index in [-0.39, 0.29) is 0 Å². The summed E-state index contributed by atoms with van der Waals surface area (Å²) in [5.74, 6) is 0.968. The number of amidine groups is 2. The topological polar surface area (TPSA) is 65.5 Å². The van der Waals surface area contributed by atoms with Crippen molar-refractivity contribution in [3.05, 3.63) is 235 Å². The Labute approximate surface area is 363 Å². The van der Waals surface area contributed by atoms with Crippen molar-refractivity contribution in [2.45, 2.75) is 6.54 Å². The Morgan fingerprint density at radius 2 is 0.619 bits per heavy atom. The van der Waals surface area contributed by atoms with E-state index in [1.807, 2.05) is 12.1 Å². The second-order valence-corrected chi connectivity index (χ2v) is 16.0. The molecule has 0 saturated carbocycles. The Morgan fingerprint density at radius 1 is 0.333 bits per heavy atom. The number of benzene rings is 9. The lowest BCUT2D eigenvalue weighted by Crippen LogP contribution is -2.16. The molecule has 3 aromatic heterocycles. The van der Waals surface area contributed by atoms with E-state index < -0.39 is 0 Å². The van der Waals surface area contributed by atoms with Gasteiger partial charge in [0.15, 0.2) is 5.84 Å². The molecular formula is C57H40N6. The van der Waals surface area contributed by atoms with Crippen molar-refractivity contribution in [2.24, 2.45) is 15.7 Å². The van der Waals surface area contributed by atoms with E-state index in [4.69, 9.17) is 15.7 Å². The van der Waals surface area contributed by atoms with Crippen LogP contribution in [-0.4, -0.2) is 25.4 Å². The molecule has 0 aliphatic rings. The minimum absolute atomic E-state index is 0.399. The standard InChI is InChI=1S/C57H40N6/c58-56(39-27-33-42(34-28-39)62-52-21-9-3-15-46(52)47-16-4-10-22-53(47)62)60-57(40-29-35-43(36-30-40)63-54-23-11-5-17-48(54)49-18-6-12-24-55(49)63)59-37-38-25-31-41(32-26-38)61-50-19-7-1-13-44(50)45-14-2-8-20-51(45)61/h1-36H,37H2,(H2,58,59,60). The molecule has 63 heavy (non-hydrogen) atoms. The van der Waals surface area contributed by atoms with Crippen LogP contribution in [0.15, 0.2) is 228 Å². The highest BCUT2D eigenvalue weighted by Gasteiger charge is 2.15. The summed E-state index contributed by atoms with van der Waals surface area (Å²) in [4.78, 5) is 10.2. The highest BCUT2D eigenvalue weighted by molar-refractivity contribution is 6.13. The number of nitrogens with two attached hydrogens (primary N) is 1. The number of rotatable bonds is 7. The van der Waals surface area contributed by atoms with Gasteiger partial charge in [-0.05, 0) is 103 Å². The predicted octanol–water partition coefficient (Wildman–Crippen LogP) is 13.3. The molecule has 2 N–H and O–H groups in total. The van der Waals surface area contributed by atoms with Crippen molar-refractivity contribution < 1.29 is 0 Å². The van der Waals surface area contributed by atoms with Gasteiger partial charge >= 0.3 is 0 Å². The fourth-order valence-electron chi connectivity index (χ4n) is 9.43. The number of fused-ring (bicyclic) bond motifs is 9. The fourth-order valence-corrected chi connectivity index (χ4v) is 9.43. The minimum atomic E-state index is 0.399. The van der Waals surface area contributed by atoms with Crippen LogP contribution in [0, 0.1) is 0 Å². The van der Waals surface area contributed by atoms with Crippen LogP contribution in [0.25, 0.3) is 82.5 Å². The average Bonchev–Trinajstić information content (AvgIpc) is 3.99. The predicted molar refractivity (Wildman–Crippen MR) is 263 cm³/mol.